The van der Waals surface area contributed by atoms with E-state index in [1.807, 2.05) is 0 Å². The predicted octanol–water partition coefficient (Wildman–Crippen LogP) is -1.29. The Labute approximate surface area is 295 Å². The lowest BCUT2D eigenvalue weighted by atomic mass is 9.83. The first-order valence-corrected chi connectivity index (χ1v) is 17.1. The van der Waals surface area contributed by atoms with Crippen molar-refractivity contribution in [3.63, 3.8) is 0 Å². The van der Waals surface area contributed by atoms with E-state index < -0.39 is 67.4 Å². The summed E-state index contributed by atoms with van der Waals surface area (Å²) in [4.78, 5) is 31.8. The van der Waals surface area contributed by atoms with Crippen molar-refractivity contribution >= 4 is 17.9 Å². The number of carbonyl (C=O) groups is 2. The molecule has 3 heterocycles. The third-order valence-corrected chi connectivity index (χ3v) is 9.12. The lowest BCUT2D eigenvalue weighted by molar-refractivity contribution is -0.338. The second-order valence-corrected chi connectivity index (χ2v) is 12.7. The van der Waals surface area contributed by atoms with E-state index >= 15 is 0 Å². The molecule has 1 aliphatic carbocycles. The number of aliphatic hydroxyl groups excluding tert-OH is 6. The minimum atomic E-state index is -1.73. The van der Waals surface area contributed by atoms with Gasteiger partial charge in [0.15, 0.2) is 12.2 Å². The van der Waals surface area contributed by atoms with Crippen LogP contribution in [0.25, 0.3) is 0 Å². The molecule has 0 aromatic rings. The highest BCUT2D eigenvalue weighted by Crippen LogP contribution is 2.37. The third-order valence-electron chi connectivity index (χ3n) is 9.12. The quantitative estimate of drug-likeness (QED) is 0.0313. The summed E-state index contributed by atoms with van der Waals surface area (Å²) in [6.07, 6.45) is 2.49. The maximum Gasteiger partial charge on any atom is 0.339 e. The van der Waals surface area contributed by atoms with Crippen LogP contribution in [0.5, 0.6) is 0 Å². The molecular formula is C34H50N4O13. The molecule has 0 bridgehead atoms. The molecule has 51 heavy (non-hydrogen) atoms. The van der Waals surface area contributed by atoms with Gasteiger partial charge in [-0.15, -0.1) is 6.58 Å². The van der Waals surface area contributed by atoms with Crippen LogP contribution < -0.4 is 11.1 Å². The second kappa shape index (κ2) is 19.1. The predicted molar refractivity (Wildman–Crippen MR) is 180 cm³/mol. The highest BCUT2D eigenvalue weighted by Gasteiger charge is 2.47. The molecule has 10 N–H and O–H groups in total. The molecule has 3 aliphatic heterocycles. The molecule has 1 saturated carbocycles. The molecular weight excluding hydrogens is 672 g/mol. The number of esters is 1. The zero-order valence-corrected chi connectivity index (χ0v) is 28.3. The van der Waals surface area contributed by atoms with E-state index in [9.17, 15) is 40.2 Å². The molecule has 0 radical (unpaired) electrons. The van der Waals surface area contributed by atoms with Gasteiger partial charge in [0.25, 0.3) is 0 Å². The zero-order valence-electron chi connectivity index (χ0n) is 28.3. The number of allylic oxidation sites excluding steroid dienone is 1. The van der Waals surface area contributed by atoms with Crippen LogP contribution in [-0.2, 0) is 28.5 Å². The average molecular weight is 723 g/mol. The van der Waals surface area contributed by atoms with E-state index in [2.05, 4.69) is 16.9 Å². The Morgan fingerprint density at radius 2 is 1.82 bits per heavy atom. The van der Waals surface area contributed by atoms with E-state index in [1.165, 1.54) is 18.5 Å². The van der Waals surface area contributed by atoms with Crippen molar-refractivity contribution in [3.8, 4) is 0 Å². The number of aliphatic hydroxyl groups is 6. The molecule has 17 nitrogen and oxygen atoms in total. The highest BCUT2D eigenvalue weighted by atomic mass is 16.8. The Balaban J connectivity index is 1.73. The molecule has 2 fully saturated rings. The Bertz CT molecular complexity index is 1370. The van der Waals surface area contributed by atoms with Crippen molar-refractivity contribution < 1.29 is 64.3 Å². The molecule has 4 aliphatic rings. The molecule has 0 aromatic heterocycles. The topological polar surface area (TPSA) is 266 Å². The standard InChI is InChI=1S/C34H50N4O13/c1-2-21-22(10-9-19-15-38(12-14-40)16-23(30(45)46)26(19)37-34(35)36-11-6-13-39)24(31(47)49-20-7-4-3-5-8-20)18-48-32(21)51-33-29(44)28(43)27(42)25(17-41)50-33/h2,9-10,16,18,20-22,25,27-29,32-33,39-44H,1,3-8,11-15,17H2,(H,45,46)(H3,35,36,37)/b10-9+/t21-,22+,25-,27-,28+,29-,32+,33+/m1/s1. The van der Waals surface area contributed by atoms with Crippen LogP contribution in [-0.4, -0.2) is 141 Å². The van der Waals surface area contributed by atoms with Crippen LogP contribution in [0, 0.1) is 11.8 Å². The maximum absolute atomic E-state index is 13.7. The Kier molecular flexibility index (Phi) is 15.0. The van der Waals surface area contributed by atoms with Crippen molar-refractivity contribution in [1.82, 2.24) is 10.2 Å². The first-order chi connectivity index (χ1) is 24.5. The van der Waals surface area contributed by atoms with E-state index in [0.717, 1.165) is 19.3 Å². The largest absolute Gasteiger partial charge is 0.478 e. The molecule has 284 valence electrons. The summed E-state index contributed by atoms with van der Waals surface area (Å²) in [5, 5.41) is 72.6. The summed E-state index contributed by atoms with van der Waals surface area (Å²) in [6.45, 7) is 3.29. The first kappa shape index (κ1) is 40.0. The average Bonchev–Trinajstić information content (AvgIpc) is 3.12. The number of aliphatic imine (C=N–C) groups is 1. The van der Waals surface area contributed by atoms with E-state index in [-0.39, 0.29) is 61.8 Å². The number of rotatable bonds is 15. The molecule has 0 spiro atoms. The summed E-state index contributed by atoms with van der Waals surface area (Å²) in [5.41, 5.74) is 6.54. The SMILES string of the molecule is C=C[C@H]1[C@H](O[C@@H]2O[C@H](CO)[C@@H](O)[C@H](O)[C@H]2O)OC=C(C(=O)OC2CCCCC2)[C@H]1/C=C/C1=C(NC(N)=NCCCO)C(C(=O)O)=CN(CCO)C1. The molecule has 17 heteroatoms. The number of carbonyl (C=O) groups excluding carboxylic acids is 1. The lowest BCUT2D eigenvalue weighted by Crippen LogP contribution is -2.60. The summed E-state index contributed by atoms with van der Waals surface area (Å²) < 4.78 is 23.2. The number of guanidine groups is 1. The molecule has 8 atom stereocenters. The van der Waals surface area contributed by atoms with Gasteiger partial charge >= 0.3 is 11.9 Å². The number of ether oxygens (including phenoxy) is 4. The molecule has 0 aromatic carbocycles. The number of carboxylic acids is 1. The summed E-state index contributed by atoms with van der Waals surface area (Å²) in [6, 6.07) is 0. The van der Waals surface area contributed by atoms with Gasteiger partial charge in [-0.25, -0.2) is 9.59 Å². The Hall–Kier alpha value is -3.81. The van der Waals surface area contributed by atoms with Crippen molar-refractivity contribution in [2.75, 3.05) is 39.5 Å². The van der Waals surface area contributed by atoms with Crippen LogP contribution in [0.2, 0.25) is 0 Å². The number of β-amino-alcohol motifs (C(OH)–C–C–N with tert-alkyl or cyclic N) is 1. The van der Waals surface area contributed by atoms with Gasteiger partial charge in [0.2, 0.25) is 6.29 Å². The van der Waals surface area contributed by atoms with Crippen LogP contribution in [0.3, 0.4) is 0 Å². The van der Waals surface area contributed by atoms with Crippen molar-refractivity contribution in [2.24, 2.45) is 22.6 Å². The highest BCUT2D eigenvalue weighted by molar-refractivity contribution is 5.95. The minimum Gasteiger partial charge on any atom is -0.478 e. The number of nitrogens with two attached hydrogens (primary N) is 1. The summed E-state index contributed by atoms with van der Waals surface area (Å²) in [5.74, 6) is -3.74. The van der Waals surface area contributed by atoms with Gasteiger partial charge in [0, 0.05) is 38.4 Å². The van der Waals surface area contributed by atoms with E-state index in [0.29, 0.717) is 24.8 Å². The third kappa shape index (κ3) is 10.2. The van der Waals surface area contributed by atoms with Gasteiger partial charge in [0.1, 0.15) is 30.5 Å². The first-order valence-electron chi connectivity index (χ1n) is 17.1. The van der Waals surface area contributed by atoms with Gasteiger partial charge < -0.3 is 70.6 Å². The lowest BCUT2D eigenvalue weighted by Gasteiger charge is -2.42. The molecule has 4 rings (SSSR count). The van der Waals surface area contributed by atoms with Gasteiger partial charge in [-0.2, -0.15) is 0 Å². The van der Waals surface area contributed by atoms with Crippen molar-refractivity contribution in [1.29, 1.82) is 0 Å². The summed E-state index contributed by atoms with van der Waals surface area (Å²) in [7, 11) is 0. The van der Waals surface area contributed by atoms with Crippen molar-refractivity contribution in [3.05, 3.63) is 59.7 Å². The van der Waals surface area contributed by atoms with Crippen molar-refractivity contribution in [2.45, 2.75) is 81.6 Å². The minimum absolute atomic E-state index is 0.0909. The Morgan fingerprint density at radius 1 is 1.08 bits per heavy atom. The smallest absolute Gasteiger partial charge is 0.339 e. The van der Waals surface area contributed by atoms with Crippen LogP contribution >= 0.6 is 0 Å². The van der Waals surface area contributed by atoms with Crippen LogP contribution in [0.4, 0.5) is 0 Å². The summed E-state index contributed by atoms with van der Waals surface area (Å²) >= 11 is 0. The number of carboxylic acid groups (broad SMARTS) is 1. The number of hydrogen-bond acceptors (Lipinski definition) is 14. The van der Waals surface area contributed by atoms with E-state index in [4.69, 9.17) is 29.8 Å². The van der Waals surface area contributed by atoms with Gasteiger partial charge in [0.05, 0.1) is 42.2 Å². The fourth-order valence-corrected chi connectivity index (χ4v) is 6.34. The molecule has 0 unspecified atom stereocenters. The van der Waals surface area contributed by atoms with Crippen LogP contribution in [0.1, 0.15) is 38.5 Å². The number of nitrogens with one attached hydrogen (secondary N) is 1. The monoisotopic (exact) mass is 722 g/mol. The fraction of sp³-hybridized carbons (Fsp3) is 0.618. The fourth-order valence-electron chi connectivity index (χ4n) is 6.34. The van der Waals surface area contributed by atoms with Gasteiger partial charge in [-0.1, -0.05) is 24.6 Å². The molecule has 1 saturated heterocycles. The van der Waals surface area contributed by atoms with Gasteiger partial charge in [-0.05, 0) is 37.7 Å². The van der Waals surface area contributed by atoms with E-state index in [1.54, 1.807) is 17.1 Å². The maximum atomic E-state index is 13.7. The number of hydrogen-bond donors (Lipinski definition) is 9. The zero-order chi connectivity index (χ0) is 37.1. The normalized spacial score (nSPS) is 30.8. The number of aliphatic carboxylic acids is 1. The van der Waals surface area contributed by atoms with Crippen LogP contribution in [0.15, 0.2) is 64.7 Å². The molecule has 0 amide bonds. The Morgan fingerprint density at radius 3 is 2.47 bits per heavy atom. The van der Waals surface area contributed by atoms with Gasteiger partial charge in [-0.3, -0.25) is 4.99 Å². The number of nitrogens with zero attached hydrogens (tertiary/aromatic N) is 2. The second-order valence-electron chi connectivity index (χ2n) is 12.7.